The number of likely N-dealkylation sites (tertiary alicyclic amines) is 1. The molecule has 4 aromatic rings. The first-order valence-electron chi connectivity index (χ1n) is 13.9. The molecule has 0 atom stereocenters. The predicted molar refractivity (Wildman–Crippen MR) is 163 cm³/mol. The number of hydrogen-bond donors (Lipinski definition) is 4. The monoisotopic (exact) mass is 554 g/mol. The first-order valence-corrected chi connectivity index (χ1v) is 13.9. The van der Waals surface area contributed by atoms with Crippen LogP contribution in [0.2, 0.25) is 0 Å². The topological polar surface area (TPSA) is 120 Å². The van der Waals surface area contributed by atoms with E-state index in [4.69, 9.17) is 0 Å². The fourth-order valence-electron chi connectivity index (χ4n) is 5.20. The van der Waals surface area contributed by atoms with E-state index in [1.165, 1.54) is 30.0 Å². The third-order valence-electron chi connectivity index (χ3n) is 7.50. The van der Waals surface area contributed by atoms with Crippen LogP contribution in [0.1, 0.15) is 54.2 Å². The molecule has 0 unspecified atom stereocenters. The number of aromatic nitrogens is 4. The Morgan fingerprint density at radius 1 is 1.15 bits per heavy atom. The zero-order chi connectivity index (χ0) is 29.1. The fourth-order valence-corrected chi connectivity index (χ4v) is 5.20. The number of piperidine rings is 1. The molecule has 3 aromatic heterocycles. The smallest absolute Gasteiger partial charge is 0.256 e. The van der Waals surface area contributed by atoms with Crippen molar-refractivity contribution in [3.63, 3.8) is 0 Å². The van der Waals surface area contributed by atoms with E-state index >= 15 is 0 Å². The van der Waals surface area contributed by atoms with E-state index in [0.29, 0.717) is 29.9 Å². The molecule has 0 radical (unpaired) electrons. The van der Waals surface area contributed by atoms with E-state index in [-0.39, 0.29) is 17.3 Å². The van der Waals surface area contributed by atoms with E-state index in [2.05, 4.69) is 79.4 Å². The number of fused-ring (bicyclic) bond motifs is 1. The maximum Gasteiger partial charge on any atom is 0.256 e. The van der Waals surface area contributed by atoms with Gasteiger partial charge in [0.2, 0.25) is 5.95 Å². The first kappa shape index (κ1) is 28.3. The van der Waals surface area contributed by atoms with Crippen molar-refractivity contribution in [3.8, 4) is 0 Å². The molecule has 1 aliphatic rings. The van der Waals surface area contributed by atoms with Gasteiger partial charge >= 0.3 is 0 Å². The van der Waals surface area contributed by atoms with Crippen LogP contribution in [0.15, 0.2) is 61.4 Å². The quantitative estimate of drug-likeness (QED) is 0.218. The van der Waals surface area contributed by atoms with E-state index < -0.39 is 5.60 Å². The van der Waals surface area contributed by atoms with E-state index in [1.807, 2.05) is 6.07 Å². The van der Waals surface area contributed by atoms with Gasteiger partial charge in [0.1, 0.15) is 22.8 Å². The van der Waals surface area contributed by atoms with Crippen molar-refractivity contribution in [1.82, 2.24) is 29.7 Å². The molecule has 0 aliphatic carbocycles. The van der Waals surface area contributed by atoms with Crippen LogP contribution in [0.3, 0.4) is 0 Å². The summed E-state index contributed by atoms with van der Waals surface area (Å²) >= 11 is 0. The second-order valence-corrected chi connectivity index (χ2v) is 11.2. The second-order valence-electron chi connectivity index (χ2n) is 11.2. The Morgan fingerprint density at radius 3 is 2.66 bits per heavy atom. The maximum atomic E-state index is 12.9. The summed E-state index contributed by atoms with van der Waals surface area (Å²) in [6.07, 6.45) is 7.68. The highest BCUT2D eigenvalue weighted by Crippen LogP contribution is 2.35. The number of nitrogens with one attached hydrogen (secondary N) is 3. The lowest BCUT2D eigenvalue weighted by atomic mass is 9.89. The summed E-state index contributed by atoms with van der Waals surface area (Å²) < 4.78 is 2.18. The summed E-state index contributed by atoms with van der Waals surface area (Å²) in [6.45, 7) is 9.54. The lowest BCUT2D eigenvalue weighted by Crippen LogP contribution is -2.29. The largest absolute Gasteiger partial charge is 0.384 e. The van der Waals surface area contributed by atoms with Gasteiger partial charge in [0, 0.05) is 37.1 Å². The summed E-state index contributed by atoms with van der Waals surface area (Å²) in [5.74, 6) is 1.28. The van der Waals surface area contributed by atoms with Crippen molar-refractivity contribution in [2.24, 2.45) is 7.05 Å². The number of nitrogens with zero attached hydrogens (tertiary/aromatic N) is 5. The molecule has 41 heavy (non-hydrogen) atoms. The number of anilines is 4. The highest BCUT2D eigenvalue weighted by molar-refractivity contribution is 5.99. The van der Waals surface area contributed by atoms with Gasteiger partial charge in [-0.1, -0.05) is 18.2 Å². The van der Waals surface area contributed by atoms with E-state index in [1.54, 1.807) is 38.1 Å². The molecule has 1 aromatic carbocycles. The normalized spacial score (nSPS) is 14.7. The molecule has 0 saturated carbocycles. The predicted octanol–water partition coefficient (Wildman–Crippen LogP) is 4.80. The molecule has 0 spiro atoms. The Morgan fingerprint density at radius 2 is 1.93 bits per heavy atom. The van der Waals surface area contributed by atoms with Crippen LogP contribution >= 0.6 is 0 Å². The van der Waals surface area contributed by atoms with Crippen LogP contribution in [-0.4, -0.2) is 62.1 Å². The van der Waals surface area contributed by atoms with E-state index in [9.17, 15) is 9.90 Å². The fraction of sp³-hybridized carbons (Fsp3) is 0.355. The average Bonchev–Trinajstić information content (AvgIpc) is 3.27. The van der Waals surface area contributed by atoms with Gasteiger partial charge < -0.3 is 30.5 Å². The Labute approximate surface area is 240 Å². The number of aliphatic hydroxyl groups is 1. The number of benzene rings is 1. The molecule has 1 saturated heterocycles. The first-order chi connectivity index (χ1) is 19.6. The van der Waals surface area contributed by atoms with Crippen LogP contribution < -0.4 is 16.0 Å². The Bertz CT molecular complexity index is 1560. The zero-order valence-electron chi connectivity index (χ0n) is 24.1. The molecular weight excluding hydrogens is 516 g/mol. The Balaban J connectivity index is 1.43. The van der Waals surface area contributed by atoms with Gasteiger partial charge in [-0.2, -0.15) is 4.98 Å². The van der Waals surface area contributed by atoms with Gasteiger partial charge in [-0.05, 0) is 82.6 Å². The van der Waals surface area contributed by atoms with Gasteiger partial charge in [0.05, 0.1) is 11.2 Å². The number of hydrogen-bond acceptors (Lipinski definition) is 8. The molecule has 10 nitrogen and oxygen atoms in total. The number of pyridine rings is 1. The molecule has 5 rings (SSSR count). The van der Waals surface area contributed by atoms with Crippen molar-refractivity contribution < 1.29 is 9.90 Å². The third kappa shape index (κ3) is 6.39. The zero-order valence-corrected chi connectivity index (χ0v) is 24.1. The molecule has 1 amide bonds. The van der Waals surface area contributed by atoms with Crippen LogP contribution in [0.4, 0.5) is 23.3 Å². The minimum absolute atomic E-state index is 0.258. The molecular formula is C31H38N8O2. The molecule has 214 valence electrons. The number of carbonyl (C=O) groups is 1. The summed E-state index contributed by atoms with van der Waals surface area (Å²) in [4.78, 5) is 28.8. The van der Waals surface area contributed by atoms with Crippen LogP contribution in [0, 0.1) is 0 Å². The number of carbonyl (C=O) groups excluding carboxylic acids is 1. The standard InChI is InChI=1S/C31H38N8O2/c1-6-14-32-29(40)23-18-33-30(37-28(23)36-27-9-7-8-26(35-27)31(2,3)41)34-21-10-11-22-24(19-39(5)25(22)17-21)20-12-15-38(4)16-13-20/h6-11,17-20,41H,1,12-16H2,2-5H3,(H,32,40)(H2,33,34,35,36,37). The van der Waals surface area contributed by atoms with Crippen molar-refractivity contribution >= 4 is 40.1 Å². The van der Waals surface area contributed by atoms with Gasteiger partial charge in [-0.3, -0.25) is 4.79 Å². The minimum Gasteiger partial charge on any atom is -0.384 e. The van der Waals surface area contributed by atoms with Gasteiger partial charge in [-0.25, -0.2) is 9.97 Å². The van der Waals surface area contributed by atoms with Crippen molar-refractivity contribution in [2.45, 2.75) is 38.2 Å². The van der Waals surface area contributed by atoms with Gasteiger partial charge in [-0.15, -0.1) is 6.58 Å². The van der Waals surface area contributed by atoms with Gasteiger partial charge in [0.25, 0.3) is 5.91 Å². The Kier molecular flexibility index (Phi) is 8.05. The maximum absolute atomic E-state index is 12.9. The van der Waals surface area contributed by atoms with Crippen molar-refractivity contribution in [3.05, 3.63) is 78.3 Å². The SMILES string of the molecule is C=CCNC(=O)c1cnc(Nc2ccc3c(C4CCN(C)CC4)cn(C)c3c2)nc1Nc1cccc(C(C)(C)O)n1. The Hall–Kier alpha value is -4.28. The average molecular weight is 555 g/mol. The summed E-state index contributed by atoms with van der Waals surface area (Å²) in [5.41, 5.74) is 3.00. The molecule has 0 bridgehead atoms. The van der Waals surface area contributed by atoms with Gasteiger partial charge in [0.15, 0.2) is 0 Å². The highest BCUT2D eigenvalue weighted by atomic mass is 16.3. The number of amides is 1. The van der Waals surface area contributed by atoms with Crippen LogP contribution in [-0.2, 0) is 12.6 Å². The second kappa shape index (κ2) is 11.7. The van der Waals surface area contributed by atoms with E-state index in [0.717, 1.165) is 24.3 Å². The summed E-state index contributed by atoms with van der Waals surface area (Å²) in [6, 6.07) is 11.6. The van der Waals surface area contributed by atoms with Crippen LogP contribution in [0.25, 0.3) is 10.9 Å². The number of aryl methyl sites for hydroxylation is 1. The lowest BCUT2D eigenvalue weighted by Gasteiger charge is -2.28. The molecule has 10 heteroatoms. The lowest BCUT2D eigenvalue weighted by molar-refractivity contribution is 0.0740. The molecule has 4 heterocycles. The minimum atomic E-state index is -1.12. The number of rotatable bonds is 9. The highest BCUT2D eigenvalue weighted by Gasteiger charge is 2.23. The van der Waals surface area contributed by atoms with Crippen molar-refractivity contribution in [1.29, 1.82) is 0 Å². The van der Waals surface area contributed by atoms with Crippen molar-refractivity contribution in [2.75, 3.05) is 37.3 Å². The molecule has 1 fully saturated rings. The summed E-state index contributed by atoms with van der Waals surface area (Å²) in [7, 11) is 4.26. The van der Waals surface area contributed by atoms with Crippen LogP contribution in [0.5, 0.6) is 0 Å². The molecule has 1 aliphatic heterocycles. The summed E-state index contributed by atoms with van der Waals surface area (Å²) in [5, 5.41) is 20.9. The molecule has 4 N–H and O–H groups in total. The third-order valence-corrected chi connectivity index (χ3v) is 7.50.